The molecule has 3 aromatic carbocycles. The van der Waals surface area contributed by atoms with Crippen molar-refractivity contribution in [2.75, 3.05) is 35.0 Å². The molecule has 0 atom stereocenters. The van der Waals surface area contributed by atoms with Gasteiger partial charge in [-0.2, -0.15) is 0 Å². The van der Waals surface area contributed by atoms with Gasteiger partial charge in [0, 0.05) is 12.0 Å². The summed E-state index contributed by atoms with van der Waals surface area (Å²) in [5, 5.41) is 18.0. The van der Waals surface area contributed by atoms with Gasteiger partial charge in [-0.1, -0.05) is 10.4 Å². The number of methoxy groups -OCH3 is 4. The lowest BCUT2D eigenvalue weighted by Gasteiger charge is -2.41. The maximum absolute atomic E-state index is 5.64. The summed E-state index contributed by atoms with van der Waals surface area (Å²) >= 11 is 0. The van der Waals surface area contributed by atoms with Crippen LogP contribution in [0, 0.1) is 0 Å². The van der Waals surface area contributed by atoms with Crippen LogP contribution in [0.5, 0.6) is 23.0 Å². The van der Waals surface area contributed by atoms with Gasteiger partial charge in [-0.3, -0.25) is 0 Å². The predicted molar refractivity (Wildman–Crippen MR) is 155 cm³/mol. The van der Waals surface area contributed by atoms with Crippen LogP contribution in [0.15, 0.2) is 73.1 Å². The van der Waals surface area contributed by atoms with E-state index in [1.165, 1.54) is 11.1 Å². The Kier molecular flexibility index (Phi) is 7.49. The third kappa shape index (κ3) is 5.51. The summed E-state index contributed by atoms with van der Waals surface area (Å²) in [5.41, 5.74) is 6.14. The van der Waals surface area contributed by atoms with Gasteiger partial charge < -0.3 is 23.4 Å². The summed E-state index contributed by atoms with van der Waals surface area (Å²) in [6.07, 6.45) is 4.88. The second kappa shape index (κ2) is 11.5. The molecule has 11 heteroatoms. The van der Waals surface area contributed by atoms with Crippen LogP contribution in [0.2, 0.25) is 0 Å². The van der Waals surface area contributed by atoms with Crippen molar-refractivity contribution in [1.29, 1.82) is 0 Å². The van der Waals surface area contributed by atoms with Gasteiger partial charge in [-0.15, -0.1) is 10.2 Å². The van der Waals surface area contributed by atoms with Crippen LogP contribution in [-0.4, -0.2) is 69.5 Å². The molecule has 0 aliphatic carbocycles. The van der Waals surface area contributed by atoms with Crippen molar-refractivity contribution < 1.29 is 23.4 Å². The molecule has 0 saturated heterocycles. The predicted octanol–water partition coefficient (Wildman–Crippen LogP) is 4.16. The van der Waals surface area contributed by atoms with Crippen molar-refractivity contribution in [3.05, 3.63) is 95.6 Å². The van der Waals surface area contributed by atoms with E-state index in [0.717, 1.165) is 65.3 Å². The number of nitrogens with zero attached hydrogens (tertiary/aromatic N) is 7. The van der Waals surface area contributed by atoms with Gasteiger partial charge in [-0.05, 0) is 66.2 Å². The lowest BCUT2D eigenvalue weighted by atomic mass is 9.96. The van der Waals surface area contributed by atoms with E-state index in [4.69, 9.17) is 18.9 Å². The maximum Gasteiger partial charge on any atom is 0.161 e. The smallest absolute Gasteiger partial charge is 0.161 e. The molecule has 5 aromatic rings. The number of hydrogen-bond acceptors (Lipinski definition) is 8. The van der Waals surface area contributed by atoms with E-state index in [2.05, 4.69) is 32.8 Å². The Bertz CT molecular complexity index is 1570. The normalized spacial score (nSPS) is 13.8. The quantitative estimate of drug-likeness (QED) is 0.232. The molecule has 0 bridgehead atoms. The summed E-state index contributed by atoms with van der Waals surface area (Å²) in [6.45, 7) is 3.03. The molecule has 0 saturated carbocycles. The highest BCUT2D eigenvalue weighted by atomic mass is 16.5. The zero-order valence-corrected chi connectivity index (χ0v) is 24.2. The Labute approximate surface area is 244 Å². The molecule has 6 rings (SSSR count). The second-order valence-corrected chi connectivity index (χ2v) is 10.5. The van der Waals surface area contributed by atoms with E-state index in [1.807, 2.05) is 60.9 Å². The number of quaternary nitrogens is 1. The van der Waals surface area contributed by atoms with Crippen molar-refractivity contribution in [2.45, 2.75) is 26.1 Å². The maximum atomic E-state index is 5.64. The van der Waals surface area contributed by atoms with E-state index in [1.54, 1.807) is 37.8 Å². The number of ether oxygens (including phenoxy) is 4. The molecule has 0 radical (unpaired) electrons. The Morgan fingerprint density at radius 3 is 1.57 bits per heavy atom. The molecule has 42 heavy (non-hydrogen) atoms. The third-order valence-electron chi connectivity index (χ3n) is 7.82. The molecule has 0 fully saturated rings. The zero-order chi connectivity index (χ0) is 29.1. The summed E-state index contributed by atoms with van der Waals surface area (Å²) < 4.78 is 26.1. The number of aromatic nitrogens is 6. The van der Waals surface area contributed by atoms with Gasteiger partial charge in [-0.25, -0.2) is 9.36 Å². The molecule has 0 unspecified atom stereocenters. The first-order chi connectivity index (χ1) is 20.5. The van der Waals surface area contributed by atoms with E-state index in [0.29, 0.717) is 17.6 Å². The molecule has 0 amide bonds. The van der Waals surface area contributed by atoms with Crippen LogP contribution in [0.4, 0.5) is 0 Å². The van der Waals surface area contributed by atoms with Crippen molar-refractivity contribution in [3.63, 3.8) is 0 Å². The molecule has 0 spiro atoms. The first kappa shape index (κ1) is 27.3. The van der Waals surface area contributed by atoms with Gasteiger partial charge in [0.1, 0.15) is 42.5 Å². The first-order valence-electron chi connectivity index (χ1n) is 13.7. The minimum atomic E-state index is 0.680. The summed E-state index contributed by atoms with van der Waals surface area (Å²) in [5.74, 6) is 3.07. The van der Waals surface area contributed by atoms with Gasteiger partial charge >= 0.3 is 0 Å². The second-order valence-electron chi connectivity index (χ2n) is 10.5. The van der Waals surface area contributed by atoms with Gasteiger partial charge in [0.05, 0.1) is 58.8 Å². The number of benzene rings is 3. The Morgan fingerprint density at radius 2 is 1.12 bits per heavy atom. The zero-order valence-electron chi connectivity index (χ0n) is 24.2. The molecule has 0 N–H and O–H groups in total. The molecule has 1 aliphatic rings. The van der Waals surface area contributed by atoms with Gasteiger partial charge in [0.15, 0.2) is 11.5 Å². The fraction of sp³-hybridized carbons (Fsp3) is 0.290. The average molecular weight is 569 g/mol. The van der Waals surface area contributed by atoms with Crippen LogP contribution >= 0.6 is 0 Å². The molecule has 11 nitrogen and oxygen atoms in total. The highest BCUT2D eigenvalue weighted by Crippen LogP contribution is 2.37. The molecule has 216 valence electrons. The van der Waals surface area contributed by atoms with Gasteiger partial charge in [0.2, 0.25) is 0 Å². The van der Waals surface area contributed by atoms with E-state index in [-0.39, 0.29) is 0 Å². The number of fused-ring (bicyclic) bond motifs is 1. The standard InChI is InChI=1S/C31H34N7O4/c1-39-28-9-5-26(6-10-28)36-17-24(32-34-36)20-38(14-13-22-15-30(41-3)31(42-4)16-23(22)19-38)21-25-18-37(35-33-25)27-7-11-29(40-2)12-8-27/h5-12,15-18H,13-14,19-21H2,1-4H3/q+1. The van der Waals surface area contributed by atoms with Crippen LogP contribution in [0.25, 0.3) is 11.4 Å². The SMILES string of the molecule is COc1ccc(-n2cc(C[N+]3(Cc4cn(-c5ccc(OC)cc5)nn4)CCc4cc(OC)c(OC)cc4C3)nn2)cc1. The van der Waals surface area contributed by atoms with E-state index < -0.39 is 0 Å². The highest BCUT2D eigenvalue weighted by Gasteiger charge is 2.36. The van der Waals surface area contributed by atoms with Crippen LogP contribution < -0.4 is 18.9 Å². The van der Waals surface area contributed by atoms with Crippen molar-refractivity contribution in [1.82, 2.24) is 30.0 Å². The van der Waals surface area contributed by atoms with E-state index in [9.17, 15) is 0 Å². The highest BCUT2D eigenvalue weighted by molar-refractivity contribution is 5.48. The lowest BCUT2D eigenvalue weighted by Crippen LogP contribution is -2.49. The first-order valence-corrected chi connectivity index (χ1v) is 13.7. The molecular formula is C31H34N7O4+. The largest absolute Gasteiger partial charge is 0.497 e. The van der Waals surface area contributed by atoms with Crippen LogP contribution in [0.1, 0.15) is 22.5 Å². The minimum Gasteiger partial charge on any atom is -0.497 e. The van der Waals surface area contributed by atoms with Gasteiger partial charge in [0.25, 0.3) is 0 Å². The van der Waals surface area contributed by atoms with Crippen molar-refractivity contribution >= 4 is 0 Å². The lowest BCUT2D eigenvalue weighted by molar-refractivity contribution is -0.968. The van der Waals surface area contributed by atoms with Crippen molar-refractivity contribution in [3.8, 4) is 34.4 Å². The fourth-order valence-electron chi connectivity index (χ4n) is 5.62. The van der Waals surface area contributed by atoms with Crippen LogP contribution in [-0.2, 0) is 26.1 Å². The average Bonchev–Trinajstić information content (AvgIpc) is 3.70. The Balaban J connectivity index is 1.31. The molecule has 1 aliphatic heterocycles. The summed E-state index contributed by atoms with van der Waals surface area (Å²) in [4.78, 5) is 0. The monoisotopic (exact) mass is 568 g/mol. The Morgan fingerprint density at radius 1 is 0.643 bits per heavy atom. The topological polar surface area (TPSA) is 98.3 Å². The number of rotatable bonds is 10. The minimum absolute atomic E-state index is 0.680. The number of hydrogen-bond donors (Lipinski definition) is 0. The fourth-order valence-corrected chi connectivity index (χ4v) is 5.62. The van der Waals surface area contributed by atoms with E-state index >= 15 is 0 Å². The third-order valence-corrected chi connectivity index (χ3v) is 7.82. The molecule has 3 heterocycles. The molecular weight excluding hydrogens is 534 g/mol. The van der Waals surface area contributed by atoms with Crippen LogP contribution in [0.3, 0.4) is 0 Å². The van der Waals surface area contributed by atoms with Crippen molar-refractivity contribution in [2.24, 2.45) is 0 Å². The molecule has 2 aromatic heterocycles. The Hall–Kier alpha value is -4.90. The summed E-state index contributed by atoms with van der Waals surface area (Å²) in [6, 6.07) is 19.7. The summed E-state index contributed by atoms with van der Waals surface area (Å²) in [7, 11) is 6.66.